The molecule has 0 saturated carbocycles. The van der Waals surface area contributed by atoms with Gasteiger partial charge in [-0.05, 0) is 67.1 Å². The minimum absolute atomic E-state index is 0.000467. The van der Waals surface area contributed by atoms with E-state index in [9.17, 15) is 17.6 Å². The van der Waals surface area contributed by atoms with E-state index in [1.54, 1.807) is 31.4 Å². The largest absolute Gasteiger partial charge is 0.497 e. The summed E-state index contributed by atoms with van der Waals surface area (Å²) in [5.74, 6) is 0.285. The maximum absolute atomic E-state index is 13.0. The Labute approximate surface area is 186 Å². The topological polar surface area (TPSA) is 93.7 Å². The summed E-state index contributed by atoms with van der Waals surface area (Å²) in [6.45, 7) is 1.82. The van der Waals surface area contributed by atoms with E-state index in [1.807, 2.05) is 6.92 Å². The van der Waals surface area contributed by atoms with E-state index in [1.165, 1.54) is 36.4 Å². The lowest BCUT2D eigenvalue weighted by Crippen LogP contribution is -2.32. The third-order valence-corrected chi connectivity index (χ3v) is 5.91. The number of hydrogen-bond acceptors (Lipinski definition) is 5. The van der Waals surface area contributed by atoms with Crippen LogP contribution in [0.4, 0.5) is 15.8 Å². The van der Waals surface area contributed by atoms with Crippen LogP contribution in [0, 0.1) is 5.82 Å². The van der Waals surface area contributed by atoms with Gasteiger partial charge in [-0.1, -0.05) is 13.0 Å². The Morgan fingerprint density at radius 1 is 0.969 bits per heavy atom. The van der Waals surface area contributed by atoms with Crippen molar-refractivity contribution in [3.63, 3.8) is 0 Å². The van der Waals surface area contributed by atoms with Gasteiger partial charge in [-0.3, -0.25) is 9.52 Å². The zero-order chi connectivity index (χ0) is 23.1. The van der Waals surface area contributed by atoms with Crippen LogP contribution < -0.4 is 19.5 Å². The van der Waals surface area contributed by atoms with Crippen molar-refractivity contribution in [2.24, 2.45) is 0 Å². The molecule has 1 amide bonds. The first-order valence-corrected chi connectivity index (χ1v) is 11.3. The zero-order valence-electron chi connectivity index (χ0n) is 17.5. The second kappa shape index (κ2) is 10.1. The summed E-state index contributed by atoms with van der Waals surface area (Å²) in [5, 5.41) is 2.72. The van der Waals surface area contributed by atoms with E-state index >= 15 is 0 Å². The predicted octanol–water partition coefficient (Wildman–Crippen LogP) is 4.43. The van der Waals surface area contributed by atoms with E-state index in [4.69, 9.17) is 9.47 Å². The van der Waals surface area contributed by atoms with Crippen molar-refractivity contribution in [3.8, 4) is 11.5 Å². The smallest absolute Gasteiger partial charge is 0.265 e. The molecule has 0 aliphatic carbocycles. The number of anilines is 2. The zero-order valence-corrected chi connectivity index (χ0v) is 18.4. The number of amides is 1. The molecule has 32 heavy (non-hydrogen) atoms. The van der Waals surface area contributed by atoms with Crippen LogP contribution in [-0.4, -0.2) is 27.5 Å². The quantitative estimate of drug-likeness (QED) is 0.495. The summed E-state index contributed by atoms with van der Waals surface area (Å²) in [5.41, 5.74) is 0.660. The number of nitrogens with one attached hydrogen (secondary N) is 2. The highest BCUT2D eigenvalue weighted by atomic mass is 32.2. The van der Waals surface area contributed by atoms with Gasteiger partial charge in [0.25, 0.3) is 15.9 Å². The third-order valence-electron chi connectivity index (χ3n) is 4.51. The van der Waals surface area contributed by atoms with E-state index < -0.39 is 21.9 Å². The van der Waals surface area contributed by atoms with E-state index in [-0.39, 0.29) is 16.5 Å². The number of carbonyl (C=O) groups excluding carboxylic acids is 1. The maximum Gasteiger partial charge on any atom is 0.265 e. The van der Waals surface area contributed by atoms with Crippen molar-refractivity contribution in [3.05, 3.63) is 78.6 Å². The third kappa shape index (κ3) is 5.98. The molecule has 0 aliphatic heterocycles. The van der Waals surface area contributed by atoms with Crippen LogP contribution in [0.3, 0.4) is 0 Å². The second-order valence-corrected chi connectivity index (χ2v) is 8.50. The molecule has 0 aromatic heterocycles. The van der Waals surface area contributed by atoms with Gasteiger partial charge in [0.2, 0.25) is 0 Å². The second-order valence-electron chi connectivity index (χ2n) is 6.82. The molecule has 0 aliphatic rings. The highest BCUT2D eigenvalue weighted by molar-refractivity contribution is 7.92. The predicted molar refractivity (Wildman–Crippen MR) is 120 cm³/mol. The number of rotatable bonds is 9. The molecule has 7 nitrogen and oxygen atoms in total. The number of hydrogen-bond donors (Lipinski definition) is 2. The van der Waals surface area contributed by atoms with E-state index in [2.05, 4.69) is 10.0 Å². The molecule has 0 heterocycles. The molecule has 1 atom stereocenters. The average molecular weight is 459 g/mol. The van der Waals surface area contributed by atoms with Gasteiger partial charge < -0.3 is 14.8 Å². The monoisotopic (exact) mass is 458 g/mol. The molecule has 0 bridgehead atoms. The fraction of sp³-hybridized carbons (Fsp3) is 0.174. The normalized spacial score (nSPS) is 12.0. The highest BCUT2D eigenvalue weighted by Gasteiger charge is 2.20. The lowest BCUT2D eigenvalue weighted by atomic mass is 10.2. The van der Waals surface area contributed by atoms with Gasteiger partial charge in [0.1, 0.15) is 17.3 Å². The number of methoxy groups -OCH3 is 1. The molecule has 0 saturated heterocycles. The van der Waals surface area contributed by atoms with Crippen LogP contribution in [0.2, 0.25) is 0 Å². The van der Waals surface area contributed by atoms with Crippen LogP contribution in [0.25, 0.3) is 0 Å². The first-order chi connectivity index (χ1) is 15.3. The van der Waals surface area contributed by atoms with Crippen LogP contribution >= 0.6 is 0 Å². The van der Waals surface area contributed by atoms with E-state index in [0.717, 1.165) is 12.1 Å². The standard InChI is InChI=1S/C23H23FN2O5S/c1-3-22(31-20-6-4-5-19(15-20)30-2)23(27)25-17-11-13-21(14-12-17)32(28,29)26-18-9-7-16(24)8-10-18/h4-15,22,26H,3H2,1-2H3,(H,25,27)/t22-/m1/s1. The Kier molecular flexibility index (Phi) is 7.32. The van der Waals surface area contributed by atoms with Crippen LogP contribution in [0.15, 0.2) is 77.7 Å². The summed E-state index contributed by atoms with van der Waals surface area (Å²) < 4.78 is 51.3. The van der Waals surface area contributed by atoms with Gasteiger partial charge in [-0.25, -0.2) is 12.8 Å². The molecule has 168 valence electrons. The summed E-state index contributed by atoms with van der Waals surface area (Å²) >= 11 is 0. The summed E-state index contributed by atoms with van der Waals surface area (Å²) in [7, 11) is -2.32. The highest BCUT2D eigenvalue weighted by Crippen LogP contribution is 2.22. The Morgan fingerprint density at radius 2 is 1.59 bits per heavy atom. The number of benzene rings is 3. The molecular weight excluding hydrogens is 435 g/mol. The Morgan fingerprint density at radius 3 is 2.22 bits per heavy atom. The van der Waals surface area contributed by atoms with Crippen molar-refractivity contribution in [1.82, 2.24) is 0 Å². The molecule has 0 spiro atoms. The minimum atomic E-state index is -3.86. The number of halogens is 1. The molecule has 0 radical (unpaired) electrons. The summed E-state index contributed by atoms with van der Waals surface area (Å²) in [6.07, 6.45) is -0.317. The Bertz CT molecular complexity index is 1170. The average Bonchev–Trinajstić information content (AvgIpc) is 2.79. The van der Waals surface area contributed by atoms with Crippen molar-refractivity contribution < 1.29 is 27.1 Å². The lowest BCUT2D eigenvalue weighted by molar-refractivity contribution is -0.122. The molecular formula is C23H23FN2O5S. The fourth-order valence-corrected chi connectivity index (χ4v) is 3.89. The number of ether oxygens (including phenoxy) is 2. The van der Waals surface area contributed by atoms with Gasteiger partial charge in [-0.2, -0.15) is 0 Å². The van der Waals surface area contributed by atoms with Gasteiger partial charge in [0, 0.05) is 17.4 Å². The van der Waals surface area contributed by atoms with Crippen molar-refractivity contribution >= 4 is 27.3 Å². The van der Waals surface area contributed by atoms with Gasteiger partial charge in [0.05, 0.1) is 12.0 Å². The van der Waals surface area contributed by atoms with Crippen LogP contribution in [0.5, 0.6) is 11.5 Å². The molecule has 3 aromatic rings. The molecule has 0 unspecified atom stereocenters. The van der Waals surface area contributed by atoms with Crippen molar-refractivity contribution in [1.29, 1.82) is 0 Å². The van der Waals surface area contributed by atoms with Crippen LogP contribution in [-0.2, 0) is 14.8 Å². The van der Waals surface area contributed by atoms with Gasteiger partial charge in [-0.15, -0.1) is 0 Å². The summed E-state index contributed by atoms with van der Waals surface area (Å²) in [6, 6.07) is 17.6. The molecule has 0 fully saturated rings. The molecule has 3 aromatic carbocycles. The SMILES string of the molecule is CC[C@@H](Oc1cccc(OC)c1)C(=O)Nc1ccc(S(=O)(=O)Nc2ccc(F)cc2)cc1. The molecule has 3 rings (SSSR count). The maximum atomic E-state index is 13.0. The van der Waals surface area contributed by atoms with Crippen molar-refractivity contribution in [2.45, 2.75) is 24.3 Å². The Balaban J connectivity index is 1.65. The Hall–Kier alpha value is -3.59. The van der Waals surface area contributed by atoms with Crippen LogP contribution in [0.1, 0.15) is 13.3 Å². The number of carbonyl (C=O) groups is 1. The molecule has 9 heteroatoms. The van der Waals surface area contributed by atoms with Gasteiger partial charge >= 0.3 is 0 Å². The minimum Gasteiger partial charge on any atom is -0.497 e. The first-order valence-electron chi connectivity index (χ1n) is 9.81. The number of sulfonamides is 1. The van der Waals surface area contributed by atoms with E-state index in [0.29, 0.717) is 23.6 Å². The first kappa shape index (κ1) is 23.1. The lowest BCUT2D eigenvalue weighted by Gasteiger charge is -2.18. The molecule has 2 N–H and O–H groups in total. The van der Waals surface area contributed by atoms with Crippen molar-refractivity contribution in [2.75, 3.05) is 17.1 Å². The van der Waals surface area contributed by atoms with Gasteiger partial charge in [0.15, 0.2) is 6.10 Å². The summed E-state index contributed by atoms with van der Waals surface area (Å²) in [4.78, 5) is 12.6. The fourth-order valence-electron chi connectivity index (χ4n) is 2.83.